The van der Waals surface area contributed by atoms with Gasteiger partial charge >= 0.3 is 5.97 Å². The van der Waals surface area contributed by atoms with Crippen LogP contribution in [-0.2, 0) is 14.4 Å². The van der Waals surface area contributed by atoms with Crippen molar-refractivity contribution in [3.8, 4) is 0 Å². The number of rotatable bonds is 5. The van der Waals surface area contributed by atoms with Gasteiger partial charge in [-0.25, -0.2) is 4.79 Å². The maximum atomic E-state index is 11.7. The zero-order chi connectivity index (χ0) is 14.4. The Morgan fingerprint density at radius 1 is 1.11 bits per heavy atom. The summed E-state index contributed by atoms with van der Waals surface area (Å²) >= 11 is 0. The lowest BCUT2D eigenvalue weighted by Crippen LogP contribution is -2.33. The number of carbonyl (C=O) groups excluding carboxylic acids is 2. The summed E-state index contributed by atoms with van der Waals surface area (Å²) in [5, 5.41) is 11.3. The molecule has 0 bridgehead atoms. The lowest BCUT2D eigenvalue weighted by Gasteiger charge is -2.15. The molecular formula is C13H20N2O4. The molecular weight excluding hydrogens is 248 g/mol. The van der Waals surface area contributed by atoms with Crippen molar-refractivity contribution in [2.75, 3.05) is 19.6 Å². The van der Waals surface area contributed by atoms with Crippen molar-refractivity contribution in [1.29, 1.82) is 0 Å². The number of carboxylic acid groups (broad SMARTS) is 1. The van der Waals surface area contributed by atoms with E-state index in [-0.39, 0.29) is 30.0 Å². The van der Waals surface area contributed by atoms with Gasteiger partial charge in [-0.15, -0.1) is 0 Å². The Bertz CT molecular complexity index is 409. The normalized spacial score (nSPS) is 16.0. The Morgan fingerprint density at radius 2 is 1.68 bits per heavy atom. The zero-order valence-electron chi connectivity index (χ0n) is 11.4. The van der Waals surface area contributed by atoms with Crippen molar-refractivity contribution in [3.05, 3.63) is 11.1 Å². The van der Waals surface area contributed by atoms with Crippen molar-refractivity contribution in [1.82, 2.24) is 10.2 Å². The molecule has 0 atom stereocenters. The summed E-state index contributed by atoms with van der Waals surface area (Å²) in [5.74, 6) is -1.51. The average Bonchev–Trinajstić information content (AvgIpc) is 2.90. The van der Waals surface area contributed by atoms with E-state index in [0.717, 1.165) is 25.9 Å². The Kier molecular flexibility index (Phi) is 5.54. The molecule has 0 spiro atoms. The van der Waals surface area contributed by atoms with E-state index in [0.29, 0.717) is 0 Å². The summed E-state index contributed by atoms with van der Waals surface area (Å²) in [6.45, 7) is 4.67. The van der Waals surface area contributed by atoms with E-state index >= 15 is 0 Å². The molecule has 0 aliphatic carbocycles. The fraction of sp³-hybridized carbons (Fsp3) is 0.615. The molecule has 1 aliphatic heterocycles. The van der Waals surface area contributed by atoms with Gasteiger partial charge in [-0.05, 0) is 26.7 Å². The molecule has 106 valence electrons. The molecule has 1 heterocycles. The van der Waals surface area contributed by atoms with Gasteiger partial charge in [0.05, 0.1) is 0 Å². The molecule has 2 amide bonds. The molecule has 0 aromatic carbocycles. The highest BCUT2D eigenvalue weighted by Gasteiger charge is 2.18. The number of nitrogens with one attached hydrogen (secondary N) is 1. The second kappa shape index (κ2) is 6.92. The van der Waals surface area contributed by atoms with Crippen molar-refractivity contribution < 1.29 is 19.5 Å². The van der Waals surface area contributed by atoms with Gasteiger partial charge in [-0.3, -0.25) is 9.59 Å². The number of amides is 2. The number of carboxylic acids is 1. The van der Waals surface area contributed by atoms with Gasteiger partial charge in [0, 0.05) is 37.2 Å². The molecule has 0 aromatic rings. The highest BCUT2D eigenvalue weighted by atomic mass is 16.4. The van der Waals surface area contributed by atoms with Crippen molar-refractivity contribution in [3.63, 3.8) is 0 Å². The van der Waals surface area contributed by atoms with Gasteiger partial charge in [0.1, 0.15) is 0 Å². The molecule has 19 heavy (non-hydrogen) atoms. The quantitative estimate of drug-likeness (QED) is 0.712. The van der Waals surface area contributed by atoms with E-state index in [1.54, 1.807) is 4.90 Å². The molecule has 0 unspecified atom stereocenters. The Morgan fingerprint density at radius 3 is 2.21 bits per heavy atom. The fourth-order valence-corrected chi connectivity index (χ4v) is 1.87. The minimum atomic E-state index is -1.11. The second-order valence-electron chi connectivity index (χ2n) is 4.65. The number of hydrogen-bond acceptors (Lipinski definition) is 3. The lowest BCUT2D eigenvalue weighted by atomic mass is 10.1. The molecule has 1 fully saturated rings. The zero-order valence-corrected chi connectivity index (χ0v) is 11.4. The van der Waals surface area contributed by atoms with Gasteiger partial charge in [0.25, 0.3) is 0 Å². The van der Waals surface area contributed by atoms with Crippen LogP contribution in [0.5, 0.6) is 0 Å². The van der Waals surface area contributed by atoms with Gasteiger partial charge in [0.2, 0.25) is 11.8 Å². The maximum absolute atomic E-state index is 11.7. The van der Waals surface area contributed by atoms with Crippen LogP contribution in [0.4, 0.5) is 0 Å². The molecule has 6 nitrogen and oxygen atoms in total. The largest absolute Gasteiger partial charge is 0.478 e. The van der Waals surface area contributed by atoms with Gasteiger partial charge in [-0.2, -0.15) is 0 Å². The van der Waals surface area contributed by atoms with Crippen molar-refractivity contribution in [2.24, 2.45) is 0 Å². The first-order valence-electron chi connectivity index (χ1n) is 6.40. The first kappa shape index (κ1) is 15.2. The fourth-order valence-electron chi connectivity index (χ4n) is 1.87. The van der Waals surface area contributed by atoms with Gasteiger partial charge < -0.3 is 15.3 Å². The molecule has 6 heteroatoms. The molecule has 1 aliphatic rings. The Balaban J connectivity index is 2.36. The molecule has 1 rings (SSSR count). The van der Waals surface area contributed by atoms with E-state index < -0.39 is 11.9 Å². The predicted molar refractivity (Wildman–Crippen MR) is 69.5 cm³/mol. The van der Waals surface area contributed by atoms with E-state index in [1.165, 1.54) is 13.8 Å². The number of likely N-dealkylation sites (tertiary alicyclic amines) is 1. The topological polar surface area (TPSA) is 86.7 Å². The first-order chi connectivity index (χ1) is 8.93. The van der Waals surface area contributed by atoms with Crippen LogP contribution in [0.2, 0.25) is 0 Å². The average molecular weight is 268 g/mol. The third-order valence-electron chi connectivity index (χ3n) is 3.31. The summed E-state index contributed by atoms with van der Waals surface area (Å²) in [4.78, 5) is 35.8. The first-order valence-corrected chi connectivity index (χ1v) is 6.40. The SMILES string of the molecule is CC(C(=O)O)=C(C)C(=O)NCCC(=O)N1CCCC1. The Labute approximate surface area is 112 Å². The molecule has 1 saturated heterocycles. The van der Waals surface area contributed by atoms with E-state index in [9.17, 15) is 14.4 Å². The summed E-state index contributed by atoms with van der Waals surface area (Å²) in [6.07, 6.45) is 2.33. The monoisotopic (exact) mass is 268 g/mol. The van der Waals surface area contributed by atoms with Crippen LogP contribution in [0.3, 0.4) is 0 Å². The van der Waals surface area contributed by atoms with E-state index in [1.807, 2.05) is 0 Å². The summed E-state index contributed by atoms with van der Waals surface area (Å²) in [5.41, 5.74) is 0.185. The molecule has 2 N–H and O–H groups in total. The van der Waals surface area contributed by atoms with Crippen molar-refractivity contribution in [2.45, 2.75) is 33.1 Å². The number of nitrogens with zero attached hydrogens (tertiary/aromatic N) is 1. The summed E-state index contributed by atoms with van der Waals surface area (Å²) in [7, 11) is 0. The standard InChI is InChI=1S/C13H20N2O4/c1-9(10(2)13(18)19)12(17)14-6-5-11(16)15-7-3-4-8-15/h3-8H2,1-2H3,(H,14,17)(H,18,19). The van der Waals surface area contributed by atoms with Crippen LogP contribution in [0.15, 0.2) is 11.1 Å². The maximum Gasteiger partial charge on any atom is 0.331 e. The van der Waals surface area contributed by atoms with E-state index in [4.69, 9.17) is 5.11 Å². The lowest BCUT2D eigenvalue weighted by molar-refractivity contribution is -0.133. The number of hydrogen-bond donors (Lipinski definition) is 2. The van der Waals surface area contributed by atoms with Gasteiger partial charge in [0.15, 0.2) is 0 Å². The van der Waals surface area contributed by atoms with Crippen LogP contribution >= 0.6 is 0 Å². The summed E-state index contributed by atoms with van der Waals surface area (Å²) < 4.78 is 0. The van der Waals surface area contributed by atoms with Crippen LogP contribution in [-0.4, -0.2) is 47.4 Å². The molecule has 0 saturated carbocycles. The molecule has 0 radical (unpaired) electrons. The summed E-state index contributed by atoms with van der Waals surface area (Å²) in [6, 6.07) is 0. The second-order valence-corrected chi connectivity index (χ2v) is 4.65. The minimum absolute atomic E-state index is 0.0170. The highest BCUT2D eigenvalue weighted by molar-refractivity contribution is 6.01. The number of carbonyl (C=O) groups is 3. The third kappa shape index (κ3) is 4.39. The predicted octanol–water partition coefficient (Wildman–Crippen LogP) is 0.536. The van der Waals surface area contributed by atoms with Crippen LogP contribution in [0, 0.1) is 0 Å². The number of aliphatic carboxylic acids is 1. The molecule has 0 aromatic heterocycles. The third-order valence-corrected chi connectivity index (χ3v) is 3.31. The smallest absolute Gasteiger partial charge is 0.331 e. The van der Waals surface area contributed by atoms with Crippen LogP contribution in [0.1, 0.15) is 33.1 Å². The minimum Gasteiger partial charge on any atom is -0.478 e. The van der Waals surface area contributed by atoms with Crippen LogP contribution < -0.4 is 5.32 Å². The Hall–Kier alpha value is -1.85. The van der Waals surface area contributed by atoms with Gasteiger partial charge in [-0.1, -0.05) is 0 Å². The van der Waals surface area contributed by atoms with Crippen LogP contribution in [0.25, 0.3) is 0 Å². The van der Waals surface area contributed by atoms with Crippen molar-refractivity contribution >= 4 is 17.8 Å². The highest BCUT2D eigenvalue weighted by Crippen LogP contribution is 2.08. The van der Waals surface area contributed by atoms with E-state index in [2.05, 4.69) is 5.32 Å².